The monoisotopic (exact) mass is 498 g/mol. The molecule has 4 rings (SSSR count). The molecule has 1 fully saturated rings. The van der Waals surface area contributed by atoms with Gasteiger partial charge >= 0.3 is 0 Å². The van der Waals surface area contributed by atoms with Crippen molar-refractivity contribution in [2.24, 2.45) is 0 Å². The van der Waals surface area contributed by atoms with Crippen LogP contribution in [0.4, 0.5) is 11.4 Å². The quantitative estimate of drug-likeness (QED) is 0.242. The Bertz CT molecular complexity index is 1370. The van der Waals surface area contributed by atoms with Crippen LogP contribution in [0.2, 0.25) is 0 Å². The standard InChI is InChI=1S/C31H34N2O4/c1-7-32(8-2)23-13-11-22(12-14-23)28-27(29(34)24-18-20(4)10-16-26(24)37-6)30(35)31(36)33(28)25-15-9-19(3)17-21(25)5/h9-18,28,34H,7-8H2,1-6H3/b29-27+. The van der Waals surface area contributed by atoms with Gasteiger partial charge in [-0.1, -0.05) is 41.5 Å². The first kappa shape index (κ1) is 26.0. The van der Waals surface area contributed by atoms with Gasteiger partial charge in [-0.2, -0.15) is 0 Å². The van der Waals surface area contributed by atoms with Crippen molar-refractivity contribution in [3.63, 3.8) is 0 Å². The molecule has 1 amide bonds. The summed E-state index contributed by atoms with van der Waals surface area (Å²) in [6, 6.07) is 18.2. The summed E-state index contributed by atoms with van der Waals surface area (Å²) in [6.07, 6.45) is 0. The number of Topliss-reactive ketones (excluding diaryl/α,β-unsaturated/α-hetero) is 1. The van der Waals surface area contributed by atoms with Crippen LogP contribution < -0.4 is 14.5 Å². The molecule has 3 aromatic rings. The van der Waals surface area contributed by atoms with Crippen LogP contribution in [-0.2, 0) is 9.59 Å². The van der Waals surface area contributed by atoms with Crippen molar-refractivity contribution < 1.29 is 19.4 Å². The number of methoxy groups -OCH3 is 1. The van der Waals surface area contributed by atoms with Crippen LogP contribution in [0.3, 0.4) is 0 Å². The molecule has 1 heterocycles. The fourth-order valence-electron chi connectivity index (χ4n) is 5.08. The van der Waals surface area contributed by atoms with E-state index in [0.29, 0.717) is 17.0 Å². The smallest absolute Gasteiger partial charge is 0.300 e. The van der Waals surface area contributed by atoms with Gasteiger partial charge in [-0.3, -0.25) is 14.5 Å². The van der Waals surface area contributed by atoms with E-state index in [0.717, 1.165) is 41.0 Å². The molecule has 0 saturated carbocycles. The first-order chi connectivity index (χ1) is 17.7. The molecular formula is C31H34N2O4. The number of aliphatic hydroxyl groups excluding tert-OH is 1. The van der Waals surface area contributed by atoms with Crippen LogP contribution in [0.25, 0.3) is 5.76 Å². The zero-order valence-electron chi connectivity index (χ0n) is 22.3. The molecule has 1 N–H and O–H groups in total. The first-order valence-corrected chi connectivity index (χ1v) is 12.6. The first-order valence-electron chi connectivity index (χ1n) is 12.6. The molecule has 1 atom stereocenters. The molecule has 0 bridgehead atoms. The van der Waals surface area contributed by atoms with E-state index in [1.54, 1.807) is 12.1 Å². The Kier molecular flexibility index (Phi) is 7.39. The second-order valence-electron chi connectivity index (χ2n) is 9.43. The number of carbonyl (C=O) groups excluding carboxylic acids is 2. The van der Waals surface area contributed by atoms with Gasteiger partial charge in [0.2, 0.25) is 0 Å². The number of aliphatic hydroxyl groups is 1. The number of ketones is 1. The van der Waals surface area contributed by atoms with Crippen molar-refractivity contribution in [1.82, 2.24) is 0 Å². The Morgan fingerprint density at radius 1 is 0.919 bits per heavy atom. The second kappa shape index (κ2) is 10.5. The third-order valence-electron chi connectivity index (χ3n) is 7.00. The maximum absolute atomic E-state index is 13.6. The number of ether oxygens (including phenoxy) is 1. The van der Waals surface area contributed by atoms with Gasteiger partial charge in [-0.25, -0.2) is 0 Å². The van der Waals surface area contributed by atoms with Gasteiger partial charge in [0.15, 0.2) is 0 Å². The Labute approximate surface area is 218 Å². The number of anilines is 2. The van der Waals surface area contributed by atoms with Crippen molar-refractivity contribution in [1.29, 1.82) is 0 Å². The normalized spacial score (nSPS) is 16.8. The van der Waals surface area contributed by atoms with E-state index in [4.69, 9.17) is 4.74 Å². The van der Waals surface area contributed by atoms with Crippen LogP contribution in [0.1, 0.15) is 47.7 Å². The minimum absolute atomic E-state index is 0.0458. The van der Waals surface area contributed by atoms with Gasteiger partial charge in [0.05, 0.1) is 24.3 Å². The molecule has 1 unspecified atom stereocenters. The summed E-state index contributed by atoms with van der Waals surface area (Å²) in [7, 11) is 1.51. The highest BCUT2D eigenvalue weighted by atomic mass is 16.5. The van der Waals surface area contributed by atoms with Crippen LogP contribution in [0.5, 0.6) is 5.75 Å². The van der Waals surface area contributed by atoms with E-state index >= 15 is 0 Å². The van der Waals surface area contributed by atoms with Gasteiger partial charge in [0, 0.05) is 24.5 Å². The fraction of sp³-hybridized carbons (Fsp3) is 0.290. The number of amides is 1. The number of hydrogen-bond donors (Lipinski definition) is 1. The zero-order valence-corrected chi connectivity index (χ0v) is 22.3. The molecule has 0 spiro atoms. The van der Waals surface area contributed by atoms with Crippen LogP contribution >= 0.6 is 0 Å². The van der Waals surface area contributed by atoms with E-state index < -0.39 is 17.7 Å². The molecule has 192 valence electrons. The van der Waals surface area contributed by atoms with Crippen molar-refractivity contribution in [2.75, 3.05) is 30.0 Å². The highest BCUT2D eigenvalue weighted by Crippen LogP contribution is 2.44. The van der Waals surface area contributed by atoms with Gasteiger partial charge < -0.3 is 14.7 Å². The van der Waals surface area contributed by atoms with Crippen molar-refractivity contribution in [2.45, 2.75) is 40.7 Å². The molecule has 3 aromatic carbocycles. The molecule has 37 heavy (non-hydrogen) atoms. The molecule has 6 nitrogen and oxygen atoms in total. The SMILES string of the molecule is CCN(CC)c1ccc(C2/C(=C(\O)c3cc(C)ccc3OC)C(=O)C(=O)N2c2ccc(C)cc2C)cc1. The zero-order chi connectivity index (χ0) is 26.9. The highest BCUT2D eigenvalue weighted by molar-refractivity contribution is 6.51. The summed E-state index contributed by atoms with van der Waals surface area (Å²) < 4.78 is 5.49. The predicted octanol–water partition coefficient (Wildman–Crippen LogP) is 6.09. The molecule has 6 heteroatoms. The Morgan fingerprint density at radius 2 is 1.54 bits per heavy atom. The third kappa shape index (κ3) is 4.71. The van der Waals surface area contributed by atoms with Crippen LogP contribution in [0, 0.1) is 20.8 Å². The summed E-state index contributed by atoms with van der Waals surface area (Å²) >= 11 is 0. The molecule has 1 aliphatic heterocycles. The lowest BCUT2D eigenvalue weighted by atomic mass is 9.94. The summed E-state index contributed by atoms with van der Waals surface area (Å²) in [5.74, 6) is -1.21. The summed E-state index contributed by atoms with van der Waals surface area (Å²) in [4.78, 5) is 30.8. The minimum Gasteiger partial charge on any atom is -0.507 e. The summed E-state index contributed by atoms with van der Waals surface area (Å²) in [5.41, 5.74) is 5.69. The van der Waals surface area contributed by atoms with E-state index in [9.17, 15) is 14.7 Å². The maximum Gasteiger partial charge on any atom is 0.300 e. The third-order valence-corrected chi connectivity index (χ3v) is 7.00. The molecule has 0 aliphatic carbocycles. The van der Waals surface area contributed by atoms with Crippen molar-refractivity contribution in [3.8, 4) is 5.75 Å². The number of aryl methyl sites for hydroxylation is 3. The lowest BCUT2D eigenvalue weighted by Crippen LogP contribution is -2.30. The molecule has 1 aliphatic rings. The number of carbonyl (C=O) groups is 2. The average Bonchev–Trinajstić information content (AvgIpc) is 3.15. The van der Waals surface area contributed by atoms with Crippen molar-refractivity contribution in [3.05, 3.63) is 94.1 Å². The molecular weight excluding hydrogens is 464 g/mol. The Morgan fingerprint density at radius 3 is 2.14 bits per heavy atom. The van der Waals surface area contributed by atoms with E-state index in [1.807, 2.05) is 69.3 Å². The largest absolute Gasteiger partial charge is 0.507 e. The lowest BCUT2D eigenvalue weighted by molar-refractivity contribution is -0.132. The summed E-state index contributed by atoms with van der Waals surface area (Å²) in [5, 5.41) is 11.6. The predicted molar refractivity (Wildman–Crippen MR) is 148 cm³/mol. The number of rotatable bonds is 7. The maximum atomic E-state index is 13.6. The van der Waals surface area contributed by atoms with Gasteiger partial charge in [0.25, 0.3) is 11.7 Å². The average molecular weight is 499 g/mol. The second-order valence-corrected chi connectivity index (χ2v) is 9.43. The van der Waals surface area contributed by atoms with Crippen molar-refractivity contribution >= 4 is 28.8 Å². The Balaban J connectivity index is 1.96. The van der Waals surface area contributed by atoms with Gasteiger partial charge in [-0.15, -0.1) is 0 Å². The van der Waals surface area contributed by atoms with Crippen LogP contribution in [0.15, 0.2) is 66.2 Å². The molecule has 0 aromatic heterocycles. The number of nitrogens with zero attached hydrogens (tertiary/aromatic N) is 2. The molecule has 1 saturated heterocycles. The van der Waals surface area contributed by atoms with E-state index in [1.165, 1.54) is 12.0 Å². The fourth-order valence-corrected chi connectivity index (χ4v) is 5.08. The van der Waals surface area contributed by atoms with Gasteiger partial charge in [-0.05, 0) is 76.1 Å². The number of hydrogen-bond acceptors (Lipinski definition) is 5. The topological polar surface area (TPSA) is 70.1 Å². The summed E-state index contributed by atoms with van der Waals surface area (Å²) in [6.45, 7) is 11.7. The lowest BCUT2D eigenvalue weighted by Gasteiger charge is -2.28. The van der Waals surface area contributed by atoms with E-state index in [2.05, 4.69) is 18.7 Å². The number of benzene rings is 3. The Hall–Kier alpha value is -4.06. The van der Waals surface area contributed by atoms with Crippen LogP contribution in [-0.4, -0.2) is 37.0 Å². The minimum atomic E-state index is -0.794. The van der Waals surface area contributed by atoms with E-state index in [-0.39, 0.29) is 11.3 Å². The highest BCUT2D eigenvalue weighted by Gasteiger charge is 2.47. The van der Waals surface area contributed by atoms with Gasteiger partial charge in [0.1, 0.15) is 11.5 Å². The molecule has 0 radical (unpaired) electrons.